The van der Waals surface area contributed by atoms with E-state index >= 15 is 0 Å². The lowest BCUT2D eigenvalue weighted by Gasteiger charge is -2.26. The van der Waals surface area contributed by atoms with Crippen molar-refractivity contribution < 1.29 is 19.1 Å². The Bertz CT molecular complexity index is 617. The number of hydrogen-bond acceptors (Lipinski definition) is 4. The van der Waals surface area contributed by atoms with E-state index in [0.29, 0.717) is 29.1 Å². The average Bonchev–Trinajstić information content (AvgIpc) is 3.17. The number of anilines is 1. The fourth-order valence-electron chi connectivity index (χ4n) is 3.58. The first-order valence-corrected chi connectivity index (χ1v) is 7.92. The number of hydrogen-bond donors (Lipinski definition) is 1. The van der Waals surface area contributed by atoms with E-state index < -0.39 is 0 Å². The molecule has 0 aromatic heterocycles. The Morgan fingerprint density at radius 2 is 2.09 bits per heavy atom. The standard InChI is InChI=1S/C17H22N2O4/c1-22-13-5-6-15(23-2)14(8-13)18-16(20)9-17(21)19-10-11-3-4-12(19)7-11/h5-6,8,11-12H,3-4,7,9-10H2,1-2H3,(H,18,20)/t11-,12-/m0/s1. The highest BCUT2D eigenvalue weighted by Crippen LogP contribution is 2.37. The van der Waals surface area contributed by atoms with Gasteiger partial charge < -0.3 is 19.7 Å². The second kappa shape index (κ2) is 6.48. The number of piperidine rings is 1. The first kappa shape index (κ1) is 15.6. The van der Waals surface area contributed by atoms with Crippen molar-refractivity contribution in [1.29, 1.82) is 0 Å². The van der Waals surface area contributed by atoms with E-state index in [1.54, 1.807) is 25.3 Å². The lowest BCUT2D eigenvalue weighted by molar-refractivity contribution is -0.135. The van der Waals surface area contributed by atoms with E-state index in [1.807, 2.05) is 4.90 Å². The number of amides is 2. The maximum Gasteiger partial charge on any atom is 0.233 e. The number of fused-ring (bicyclic) bond motifs is 2. The van der Waals surface area contributed by atoms with E-state index in [9.17, 15) is 9.59 Å². The molecule has 6 heteroatoms. The number of ether oxygens (including phenoxy) is 2. The van der Waals surface area contributed by atoms with E-state index in [4.69, 9.17) is 9.47 Å². The maximum atomic E-state index is 12.3. The fraction of sp³-hybridized carbons (Fsp3) is 0.529. The largest absolute Gasteiger partial charge is 0.497 e. The summed E-state index contributed by atoms with van der Waals surface area (Å²) in [6, 6.07) is 5.49. The quantitative estimate of drug-likeness (QED) is 0.844. The summed E-state index contributed by atoms with van der Waals surface area (Å²) in [5, 5.41) is 2.74. The SMILES string of the molecule is COc1ccc(OC)c(NC(=O)CC(=O)N2C[C@H]3CC[C@H]2C3)c1. The number of methoxy groups -OCH3 is 2. The molecule has 2 amide bonds. The van der Waals surface area contributed by atoms with Gasteiger partial charge in [-0.05, 0) is 37.3 Å². The van der Waals surface area contributed by atoms with Crippen LogP contribution >= 0.6 is 0 Å². The number of nitrogens with one attached hydrogen (secondary N) is 1. The summed E-state index contributed by atoms with van der Waals surface area (Å²) in [6.45, 7) is 0.805. The number of likely N-dealkylation sites (tertiary alicyclic amines) is 1. The van der Waals surface area contributed by atoms with Crippen LogP contribution in [0.5, 0.6) is 11.5 Å². The zero-order valence-corrected chi connectivity index (χ0v) is 13.5. The summed E-state index contributed by atoms with van der Waals surface area (Å²) in [5.74, 6) is 1.36. The molecule has 0 unspecified atom stereocenters. The molecule has 2 atom stereocenters. The molecule has 2 bridgehead atoms. The highest BCUT2D eigenvalue weighted by Gasteiger charge is 2.40. The summed E-state index contributed by atoms with van der Waals surface area (Å²) < 4.78 is 10.4. The Morgan fingerprint density at radius 1 is 1.26 bits per heavy atom. The molecule has 0 spiro atoms. The van der Waals surface area contributed by atoms with Gasteiger partial charge in [0.1, 0.15) is 17.9 Å². The molecule has 1 aromatic carbocycles. The van der Waals surface area contributed by atoms with Gasteiger partial charge in [0, 0.05) is 18.7 Å². The van der Waals surface area contributed by atoms with Crippen LogP contribution in [-0.4, -0.2) is 43.5 Å². The minimum atomic E-state index is -0.329. The van der Waals surface area contributed by atoms with Crippen LogP contribution in [0.2, 0.25) is 0 Å². The zero-order chi connectivity index (χ0) is 16.4. The lowest BCUT2D eigenvalue weighted by atomic mass is 10.1. The third kappa shape index (κ3) is 3.25. The Labute approximate surface area is 135 Å². The molecule has 1 saturated carbocycles. The van der Waals surface area contributed by atoms with Crippen LogP contribution in [0.1, 0.15) is 25.7 Å². The molecule has 3 rings (SSSR count). The molecule has 1 aromatic rings. The van der Waals surface area contributed by atoms with E-state index in [2.05, 4.69) is 5.32 Å². The first-order valence-electron chi connectivity index (χ1n) is 7.92. The van der Waals surface area contributed by atoms with Crippen molar-refractivity contribution in [3.05, 3.63) is 18.2 Å². The van der Waals surface area contributed by atoms with E-state index in [1.165, 1.54) is 13.5 Å². The summed E-state index contributed by atoms with van der Waals surface area (Å²) >= 11 is 0. The second-order valence-corrected chi connectivity index (χ2v) is 6.17. The molecule has 1 aliphatic heterocycles. The normalized spacial score (nSPS) is 22.1. The molecule has 23 heavy (non-hydrogen) atoms. The molecule has 1 heterocycles. The molecule has 2 aliphatic rings. The van der Waals surface area contributed by atoms with Gasteiger partial charge in [-0.1, -0.05) is 0 Å². The average molecular weight is 318 g/mol. The predicted molar refractivity (Wildman–Crippen MR) is 85.6 cm³/mol. The van der Waals surface area contributed by atoms with Gasteiger partial charge in [-0.15, -0.1) is 0 Å². The van der Waals surface area contributed by atoms with Gasteiger partial charge in [-0.3, -0.25) is 9.59 Å². The number of benzene rings is 1. The van der Waals surface area contributed by atoms with Crippen molar-refractivity contribution in [2.75, 3.05) is 26.1 Å². The minimum absolute atomic E-state index is 0.0865. The van der Waals surface area contributed by atoms with E-state index in [0.717, 1.165) is 19.4 Å². The maximum absolute atomic E-state index is 12.3. The Hall–Kier alpha value is -2.24. The number of carbonyl (C=O) groups is 2. The Balaban J connectivity index is 1.62. The first-order chi connectivity index (χ1) is 11.1. The molecule has 1 N–H and O–H groups in total. The van der Waals surface area contributed by atoms with Crippen LogP contribution in [0.25, 0.3) is 0 Å². The highest BCUT2D eigenvalue weighted by atomic mass is 16.5. The van der Waals surface area contributed by atoms with Gasteiger partial charge in [0.15, 0.2) is 0 Å². The topological polar surface area (TPSA) is 67.9 Å². The van der Waals surface area contributed by atoms with Crippen molar-refractivity contribution in [3.63, 3.8) is 0 Å². The van der Waals surface area contributed by atoms with Crippen molar-refractivity contribution in [2.45, 2.75) is 31.7 Å². The highest BCUT2D eigenvalue weighted by molar-refractivity contribution is 6.04. The Kier molecular flexibility index (Phi) is 4.41. The van der Waals surface area contributed by atoms with Crippen molar-refractivity contribution in [1.82, 2.24) is 4.90 Å². The molecule has 1 saturated heterocycles. The summed E-state index contributed by atoms with van der Waals surface area (Å²) in [5.41, 5.74) is 0.507. The van der Waals surface area contributed by atoms with Crippen LogP contribution < -0.4 is 14.8 Å². The van der Waals surface area contributed by atoms with Gasteiger partial charge in [-0.25, -0.2) is 0 Å². The molecule has 0 radical (unpaired) electrons. The van der Waals surface area contributed by atoms with Gasteiger partial charge in [-0.2, -0.15) is 0 Å². The third-order valence-corrected chi connectivity index (χ3v) is 4.72. The molecular formula is C17H22N2O4. The van der Waals surface area contributed by atoms with Crippen LogP contribution in [-0.2, 0) is 9.59 Å². The van der Waals surface area contributed by atoms with Gasteiger partial charge >= 0.3 is 0 Å². The monoisotopic (exact) mass is 318 g/mol. The van der Waals surface area contributed by atoms with Gasteiger partial charge in [0.05, 0.1) is 19.9 Å². The predicted octanol–water partition coefficient (Wildman–Crippen LogP) is 2.04. The fourth-order valence-corrected chi connectivity index (χ4v) is 3.58. The van der Waals surface area contributed by atoms with Crippen molar-refractivity contribution >= 4 is 17.5 Å². The molecule has 2 fully saturated rings. The van der Waals surface area contributed by atoms with Gasteiger partial charge in [0.25, 0.3) is 0 Å². The van der Waals surface area contributed by atoms with Crippen LogP contribution in [0.4, 0.5) is 5.69 Å². The number of carbonyl (C=O) groups excluding carboxylic acids is 2. The lowest BCUT2D eigenvalue weighted by Crippen LogP contribution is -2.39. The molecule has 1 aliphatic carbocycles. The Morgan fingerprint density at radius 3 is 2.70 bits per heavy atom. The van der Waals surface area contributed by atoms with Crippen LogP contribution in [0, 0.1) is 5.92 Å². The van der Waals surface area contributed by atoms with Crippen molar-refractivity contribution in [2.24, 2.45) is 5.92 Å². The van der Waals surface area contributed by atoms with Gasteiger partial charge in [0.2, 0.25) is 11.8 Å². The smallest absolute Gasteiger partial charge is 0.233 e. The summed E-state index contributed by atoms with van der Waals surface area (Å²) in [4.78, 5) is 26.4. The summed E-state index contributed by atoms with van der Waals surface area (Å²) in [7, 11) is 3.09. The second-order valence-electron chi connectivity index (χ2n) is 6.17. The molecule has 6 nitrogen and oxygen atoms in total. The summed E-state index contributed by atoms with van der Waals surface area (Å²) in [6.07, 6.45) is 3.24. The van der Waals surface area contributed by atoms with Crippen LogP contribution in [0.15, 0.2) is 18.2 Å². The third-order valence-electron chi connectivity index (χ3n) is 4.72. The van der Waals surface area contributed by atoms with Crippen LogP contribution in [0.3, 0.4) is 0 Å². The van der Waals surface area contributed by atoms with Crippen molar-refractivity contribution in [3.8, 4) is 11.5 Å². The molecular weight excluding hydrogens is 296 g/mol. The van der Waals surface area contributed by atoms with E-state index in [-0.39, 0.29) is 18.2 Å². The minimum Gasteiger partial charge on any atom is -0.497 e. The number of rotatable bonds is 5. The molecule has 124 valence electrons. The zero-order valence-electron chi connectivity index (χ0n) is 13.5. The number of nitrogens with zero attached hydrogens (tertiary/aromatic N) is 1.